The van der Waals surface area contributed by atoms with Crippen LogP contribution in [0.5, 0.6) is 0 Å². The van der Waals surface area contributed by atoms with E-state index in [0.29, 0.717) is 43.0 Å². The number of benzene rings is 2. The van der Waals surface area contributed by atoms with Crippen LogP contribution in [0.15, 0.2) is 60.8 Å². The topological polar surface area (TPSA) is 58.4 Å². The first-order valence-electron chi connectivity index (χ1n) is 10.6. The van der Waals surface area contributed by atoms with Gasteiger partial charge in [0.2, 0.25) is 5.91 Å². The van der Waals surface area contributed by atoms with Gasteiger partial charge in [0.15, 0.2) is 0 Å². The summed E-state index contributed by atoms with van der Waals surface area (Å²) in [5.74, 6) is -0.0528. The van der Waals surface area contributed by atoms with Crippen LogP contribution < -0.4 is 0 Å². The summed E-state index contributed by atoms with van der Waals surface area (Å²) in [6.07, 6.45) is 3.70. The first kappa shape index (κ1) is 19.5. The van der Waals surface area contributed by atoms with Gasteiger partial charge in [-0.25, -0.2) is 9.07 Å². The molecule has 5 rings (SSSR count). The second kappa shape index (κ2) is 7.98. The normalized spacial score (nSPS) is 16.4. The van der Waals surface area contributed by atoms with Crippen LogP contribution in [0.4, 0.5) is 4.39 Å². The van der Waals surface area contributed by atoms with Crippen molar-refractivity contribution < 1.29 is 14.0 Å². The van der Waals surface area contributed by atoms with Crippen LogP contribution in [0.2, 0.25) is 0 Å². The van der Waals surface area contributed by atoms with Crippen molar-refractivity contribution in [2.45, 2.75) is 12.8 Å². The summed E-state index contributed by atoms with van der Waals surface area (Å²) in [5, 5.41) is 4.65. The van der Waals surface area contributed by atoms with Crippen LogP contribution in [0.25, 0.3) is 16.9 Å². The van der Waals surface area contributed by atoms with Gasteiger partial charge in [-0.2, -0.15) is 5.10 Å². The molecule has 2 fully saturated rings. The number of carbonyl (C=O) groups excluding carboxylic acids is 2. The van der Waals surface area contributed by atoms with E-state index in [1.54, 1.807) is 27.9 Å². The van der Waals surface area contributed by atoms with E-state index in [4.69, 9.17) is 0 Å². The second-order valence-corrected chi connectivity index (χ2v) is 8.07. The summed E-state index contributed by atoms with van der Waals surface area (Å²) in [4.78, 5) is 29.4. The lowest BCUT2D eigenvalue weighted by Gasteiger charge is -2.34. The fourth-order valence-corrected chi connectivity index (χ4v) is 3.95. The van der Waals surface area contributed by atoms with Gasteiger partial charge in [-0.1, -0.05) is 18.2 Å². The molecule has 6 nitrogen and oxygen atoms in total. The van der Waals surface area contributed by atoms with Gasteiger partial charge in [-0.05, 0) is 49.2 Å². The number of para-hydroxylation sites is 1. The van der Waals surface area contributed by atoms with E-state index in [1.807, 2.05) is 35.2 Å². The lowest BCUT2D eigenvalue weighted by atomic mass is 10.1. The molecule has 0 radical (unpaired) electrons. The van der Waals surface area contributed by atoms with E-state index in [1.165, 1.54) is 12.1 Å². The molecule has 2 amide bonds. The summed E-state index contributed by atoms with van der Waals surface area (Å²) in [6.45, 7) is 2.10. The number of rotatable bonds is 4. The molecule has 31 heavy (non-hydrogen) atoms. The zero-order valence-corrected chi connectivity index (χ0v) is 17.1. The molecule has 0 bridgehead atoms. The van der Waals surface area contributed by atoms with Gasteiger partial charge in [0.05, 0.1) is 11.3 Å². The minimum atomic E-state index is -0.337. The van der Waals surface area contributed by atoms with E-state index in [2.05, 4.69) is 5.10 Å². The van der Waals surface area contributed by atoms with Gasteiger partial charge in [0.25, 0.3) is 5.91 Å². The van der Waals surface area contributed by atoms with Crippen molar-refractivity contribution in [1.82, 2.24) is 19.6 Å². The van der Waals surface area contributed by atoms with Crippen molar-refractivity contribution in [1.29, 1.82) is 0 Å². The quantitative estimate of drug-likeness (QED) is 0.653. The van der Waals surface area contributed by atoms with Gasteiger partial charge in [0, 0.05) is 43.9 Å². The molecule has 3 aromatic rings. The standard InChI is InChI=1S/C24H23FN4O2/c25-19-10-8-17(9-11-19)22-21(16-29(26-22)20-4-2-1-3-5-20)24(31)28-14-12-27(13-15-28)23(30)18-6-7-18/h1-5,8-11,16,18H,6-7,12-15H2. The Kier molecular flexibility index (Phi) is 5.02. The maximum Gasteiger partial charge on any atom is 0.257 e. The van der Waals surface area contributed by atoms with Gasteiger partial charge >= 0.3 is 0 Å². The van der Waals surface area contributed by atoms with Crippen molar-refractivity contribution in [3.8, 4) is 16.9 Å². The highest BCUT2D eigenvalue weighted by molar-refractivity contribution is 6.00. The summed E-state index contributed by atoms with van der Waals surface area (Å²) < 4.78 is 15.1. The zero-order chi connectivity index (χ0) is 21.4. The van der Waals surface area contributed by atoms with Crippen molar-refractivity contribution in [2.75, 3.05) is 26.2 Å². The van der Waals surface area contributed by atoms with Gasteiger partial charge < -0.3 is 9.80 Å². The number of amides is 2. The molecule has 1 saturated heterocycles. The summed E-state index contributed by atoms with van der Waals surface area (Å²) in [6, 6.07) is 15.6. The molecule has 2 aromatic carbocycles. The minimum absolute atomic E-state index is 0.125. The summed E-state index contributed by atoms with van der Waals surface area (Å²) in [5.41, 5.74) is 2.51. The Bertz CT molecular complexity index is 1100. The lowest BCUT2D eigenvalue weighted by molar-refractivity contribution is -0.134. The third-order valence-electron chi connectivity index (χ3n) is 5.89. The number of halogens is 1. The Morgan fingerprint density at radius 3 is 2.16 bits per heavy atom. The SMILES string of the molecule is O=C(c1cn(-c2ccccc2)nc1-c1ccc(F)cc1)N1CCN(C(=O)C2CC2)CC1. The third kappa shape index (κ3) is 3.95. The average Bonchev–Trinajstić information content (AvgIpc) is 3.57. The Balaban J connectivity index is 1.43. The monoisotopic (exact) mass is 418 g/mol. The molecular formula is C24H23FN4O2. The van der Waals surface area contributed by atoms with Gasteiger partial charge in [-0.15, -0.1) is 0 Å². The van der Waals surface area contributed by atoms with Crippen LogP contribution in [0.1, 0.15) is 23.2 Å². The van der Waals surface area contributed by atoms with Gasteiger partial charge in [-0.3, -0.25) is 9.59 Å². The zero-order valence-electron chi connectivity index (χ0n) is 17.1. The molecule has 1 aliphatic heterocycles. The molecule has 7 heteroatoms. The molecule has 158 valence electrons. The number of piperazine rings is 1. The minimum Gasteiger partial charge on any atom is -0.339 e. The fourth-order valence-electron chi connectivity index (χ4n) is 3.95. The number of aromatic nitrogens is 2. The Morgan fingerprint density at radius 1 is 0.871 bits per heavy atom. The highest BCUT2D eigenvalue weighted by atomic mass is 19.1. The van der Waals surface area contributed by atoms with E-state index in [-0.39, 0.29) is 23.5 Å². The second-order valence-electron chi connectivity index (χ2n) is 8.07. The van der Waals surface area contributed by atoms with E-state index in [0.717, 1.165) is 18.5 Å². The molecule has 1 aromatic heterocycles. The first-order valence-corrected chi connectivity index (χ1v) is 10.6. The third-order valence-corrected chi connectivity index (χ3v) is 5.89. The predicted molar refractivity (Wildman–Crippen MR) is 114 cm³/mol. The molecular weight excluding hydrogens is 395 g/mol. The number of hydrogen-bond donors (Lipinski definition) is 0. The van der Waals surface area contributed by atoms with Crippen LogP contribution in [-0.4, -0.2) is 57.6 Å². The molecule has 0 unspecified atom stereocenters. The first-order chi connectivity index (χ1) is 15.1. The van der Waals surface area contributed by atoms with Crippen LogP contribution in [0, 0.1) is 11.7 Å². The molecule has 0 N–H and O–H groups in total. The highest BCUT2D eigenvalue weighted by Crippen LogP contribution is 2.31. The maximum atomic E-state index is 13.5. The van der Waals surface area contributed by atoms with Gasteiger partial charge in [0.1, 0.15) is 11.5 Å². The molecule has 0 spiro atoms. The fraction of sp³-hybridized carbons (Fsp3) is 0.292. The van der Waals surface area contributed by atoms with Crippen molar-refractivity contribution >= 4 is 11.8 Å². The van der Waals surface area contributed by atoms with E-state index in [9.17, 15) is 14.0 Å². The number of carbonyl (C=O) groups is 2. The molecule has 1 aliphatic carbocycles. The molecule has 0 atom stereocenters. The molecule has 2 aliphatic rings. The maximum absolute atomic E-state index is 13.5. The van der Waals surface area contributed by atoms with E-state index < -0.39 is 0 Å². The Hall–Kier alpha value is -3.48. The largest absolute Gasteiger partial charge is 0.339 e. The number of nitrogens with zero attached hydrogens (tertiary/aromatic N) is 4. The highest BCUT2D eigenvalue weighted by Gasteiger charge is 2.35. The smallest absolute Gasteiger partial charge is 0.257 e. The van der Waals surface area contributed by atoms with Crippen molar-refractivity contribution in [3.05, 3.63) is 72.2 Å². The Labute approximate surface area is 179 Å². The van der Waals surface area contributed by atoms with Crippen LogP contribution in [0.3, 0.4) is 0 Å². The van der Waals surface area contributed by atoms with Crippen LogP contribution in [-0.2, 0) is 4.79 Å². The Morgan fingerprint density at radius 2 is 1.52 bits per heavy atom. The van der Waals surface area contributed by atoms with E-state index >= 15 is 0 Å². The lowest BCUT2D eigenvalue weighted by Crippen LogP contribution is -2.51. The van der Waals surface area contributed by atoms with Crippen molar-refractivity contribution in [2.24, 2.45) is 5.92 Å². The van der Waals surface area contributed by atoms with Crippen molar-refractivity contribution in [3.63, 3.8) is 0 Å². The molecule has 1 saturated carbocycles. The summed E-state index contributed by atoms with van der Waals surface area (Å²) >= 11 is 0. The average molecular weight is 418 g/mol. The van der Waals surface area contributed by atoms with Crippen LogP contribution >= 0.6 is 0 Å². The number of hydrogen-bond acceptors (Lipinski definition) is 3. The molecule has 2 heterocycles. The predicted octanol–water partition coefficient (Wildman–Crippen LogP) is 3.37. The summed E-state index contributed by atoms with van der Waals surface area (Å²) in [7, 11) is 0.